The lowest BCUT2D eigenvalue weighted by Gasteiger charge is -2.39. The Balaban J connectivity index is 2.20. The van der Waals surface area contributed by atoms with Crippen molar-refractivity contribution in [1.29, 1.82) is 0 Å². The van der Waals surface area contributed by atoms with E-state index in [4.69, 9.17) is 16.2 Å². The van der Waals surface area contributed by atoms with Crippen LogP contribution in [0.1, 0.15) is 19.4 Å². The molecule has 1 heterocycles. The maximum atomic E-state index is 11.9. The molecule has 0 bridgehead atoms. The number of primary amides is 1. The van der Waals surface area contributed by atoms with E-state index in [1.807, 2.05) is 44.2 Å². The number of benzene rings is 1. The van der Waals surface area contributed by atoms with Crippen LogP contribution in [0.2, 0.25) is 0 Å². The highest BCUT2D eigenvalue weighted by atomic mass is 16.5. The highest BCUT2D eigenvalue weighted by Crippen LogP contribution is 2.21. The molecule has 0 aliphatic carbocycles. The molecule has 2 rings (SSSR count). The van der Waals surface area contributed by atoms with Gasteiger partial charge >= 0.3 is 0 Å². The van der Waals surface area contributed by atoms with Crippen molar-refractivity contribution >= 4 is 5.91 Å². The van der Waals surface area contributed by atoms with E-state index < -0.39 is 11.4 Å². The first kappa shape index (κ1) is 15.0. The van der Waals surface area contributed by atoms with Crippen LogP contribution in [0.5, 0.6) is 0 Å². The molecule has 20 heavy (non-hydrogen) atoms. The highest BCUT2D eigenvalue weighted by molar-refractivity contribution is 5.86. The van der Waals surface area contributed by atoms with Crippen molar-refractivity contribution in [2.24, 2.45) is 11.5 Å². The third-order valence-corrected chi connectivity index (χ3v) is 3.70. The van der Waals surface area contributed by atoms with E-state index in [9.17, 15) is 4.79 Å². The van der Waals surface area contributed by atoms with E-state index >= 15 is 0 Å². The molecule has 0 spiro atoms. The van der Waals surface area contributed by atoms with Gasteiger partial charge in [-0.1, -0.05) is 30.3 Å². The number of amides is 1. The molecular formula is C15H23N3O2. The molecule has 1 unspecified atom stereocenters. The summed E-state index contributed by atoms with van der Waals surface area (Å²) in [6.07, 6.45) is 0.262. The van der Waals surface area contributed by atoms with E-state index in [-0.39, 0.29) is 12.2 Å². The summed E-state index contributed by atoms with van der Waals surface area (Å²) in [6.45, 7) is 5.96. The Morgan fingerprint density at radius 1 is 1.30 bits per heavy atom. The first-order chi connectivity index (χ1) is 9.41. The van der Waals surface area contributed by atoms with Crippen molar-refractivity contribution in [3.63, 3.8) is 0 Å². The number of nitrogens with zero attached hydrogens (tertiary/aromatic N) is 1. The monoisotopic (exact) mass is 277 g/mol. The standard InChI is InChI=1S/C15H23N3O2/c1-11-8-18(9-12(2)20-11)10-15(17,14(16)19)13-6-4-3-5-7-13/h3-7,11-12H,8-10,17H2,1-2H3,(H2,16,19)/t11-,12+,15?. The smallest absolute Gasteiger partial charge is 0.243 e. The average molecular weight is 277 g/mol. The van der Waals surface area contributed by atoms with E-state index in [1.54, 1.807) is 0 Å². The van der Waals surface area contributed by atoms with Crippen LogP contribution in [-0.4, -0.2) is 42.6 Å². The molecule has 3 atom stereocenters. The van der Waals surface area contributed by atoms with Crippen molar-refractivity contribution in [2.75, 3.05) is 19.6 Å². The van der Waals surface area contributed by atoms with E-state index in [2.05, 4.69) is 4.90 Å². The number of carbonyl (C=O) groups excluding carboxylic acids is 1. The fourth-order valence-electron chi connectivity index (χ4n) is 2.81. The summed E-state index contributed by atoms with van der Waals surface area (Å²) in [7, 11) is 0. The number of morpholine rings is 1. The van der Waals surface area contributed by atoms with Crippen LogP contribution in [0, 0.1) is 0 Å². The van der Waals surface area contributed by atoms with E-state index in [0.29, 0.717) is 6.54 Å². The second-order valence-corrected chi connectivity index (χ2v) is 5.65. The minimum Gasteiger partial charge on any atom is -0.373 e. The Labute approximate surface area is 119 Å². The Kier molecular flexibility index (Phi) is 4.42. The molecule has 1 amide bonds. The molecule has 4 N–H and O–H groups in total. The number of ether oxygens (including phenoxy) is 1. The summed E-state index contributed by atoms with van der Waals surface area (Å²) in [4.78, 5) is 14.0. The molecular weight excluding hydrogens is 254 g/mol. The van der Waals surface area contributed by atoms with Gasteiger partial charge in [-0.05, 0) is 19.4 Å². The van der Waals surface area contributed by atoms with Crippen LogP contribution >= 0.6 is 0 Å². The largest absolute Gasteiger partial charge is 0.373 e. The second-order valence-electron chi connectivity index (χ2n) is 5.65. The maximum Gasteiger partial charge on any atom is 0.243 e. The molecule has 1 aromatic rings. The molecule has 0 saturated carbocycles. The lowest BCUT2D eigenvalue weighted by molar-refractivity contribution is -0.126. The van der Waals surface area contributed by atoms with Gasteiger partial charge in [-0.2, -0.15) is 0 Å². The average Bonchev–Trinajstić information content (AvgIpc) is 2.38. The van der Waals surface area contributed by atoms with Gasteiger partial charge in [-0.3, -0.25) is 9.69 Å². The van der Waals surface area contributed by atoms with Crippen LogP contribution < -0.4 is 11.5 Å². The van der Waals surface area contributed by atoms with Crippen molar-refractivity contribution in [3.05, 3.63) is 35.9 Å². The zero-order valence-electron chi connectivity index (χ0n) is 12.1. The predicted molar refractivity (Wildman–Crippen MR) is 78.0 cm³/mol. The van der Waals surface area contributed by atoms with Gasteiger partial charge < -0.3 is 16.2 Å². The fraction of sp³-hybridized carbons (Fsp3) is 0.533. The summed E-state index contributed by atoms with van der Waals surface area (Å²) in [5.41, 5.74) is 11.5. The fourth-order valence-corrected chi connectivity index (χ4v) is 2.81. The number of rotatable bonds is 4. The van der Waals surface area contributed by atoms with Crippen LogP contribution in [0.4, 0.5) is 0 Å². The number of hydrogen-bond donors (Lipinski definition) is 2. The van der Waals surface area contributed by atoms with Gasteiger partial charge in [0.15, 0.2) is 0 Å². The van der Waals surface area contributed by atoms with Gasteiger partial charge in [0.05, 0.1) is 12.2 Å². The minimum atomic E-state index is -1.17. The Morgan fingerprint density at radius 2 is 1.85 bits per heavy atom. The quantitative estimate of drug-likeness (QED) is 0.836. The zero-order chi connectivity index (χ0) is 14.8. The first-order valence-corrected chi connectivity index (χ1v) is 6.94. The topological polar surface area (TPSA) is 81.6 Å². The third-order valence-electron chi connectivity index (χ3n) is 3.70. The lowest BCUT2D eigenvalue weighted by Crippen LogP contribution is -2.59. The summed E-state index contributed by atoms with van der Waals surface area (Å²) in [5.74, 6) is -0.504. The summed E-state index contributed by atoms with van der Waals surface area (Å²) < 4.78 is 5.70. The van der Waals surface area contributed by atoms with E-state index in [1.165, 1.54) is 0 Å². The minimum absolute atomic E-state index is 0.131. The SMILES string of the molecule is C[C@@H]1CN(CC(N)(C(N)=O)c2ccccc2)C[C@H](C)O1. The van der Waals surface area contributed by atoms with Crippen LogP contribution in [0.15, 0.2) is 30.3 Å². The number of nitrogens with two attached hydrogens (primary N) is 2. The Bertz CT molecular complexity index is 455. The third kappa shape index (κ3) is 3.17. The highest BCUT2D eigenvalue weighted by Gasteiger charge is 2.37. The van der Waals surface area contributed by atoms with Crippen LogP contribution in [-0.2, 0) is 15.1 Å². The molecule has 5 heteroatoms. The van der Waals surface area contributed by atoms with E-state index in [0.717, 1.165) is 18.7 Å². The summed E-state index contributed by atoms with van der Waals surface area (Å²) in [6, 6.07) is 9.31. The van der Waals surface area contributed by atoms with Crippen molar-refractivity contribution in [3.8, 4) is 0 Å². The molecule has 0 radical (unpaired) electrons. The van der Waals surface area contributed by atoms with Crippen LogP contribution in [0.25, 0.3) is 0 Å². The van der Waals surface area contributed by atoms with Gasteiger partial charge in [0.1, 0.15) is 5.54 Å². The predicted octanol–water partition coefficient (Wildman–Crippen LogP) is 0.435. The lowest BCUT2D eigenvalue weighted by atomic mass is 9.89. The zero-order valence-corrected chi connectivity index (χ0v) is 12.1. The summed E-state index contributed by atoms with van der Waals surface area (Å²) >= 11 is 0. The van der Waals surface area contributed by atoms with Crippen molar-refractivity contribution < 1.29 is 9.53 Å². The number of hydrogen-bond acceptors (Lipinski definition) is 4. The molecule has 1 saturated heterocycles. The van der Waals surface area contributed by atoms with Gasteiger partial charge in [0.2, 0.25) is 5.91 Å². The molecule has 1 aliphatic heterocycles. The second kappa shape index (κ2) is 5.91. The van der Waals surface area contributed by atoms with Gasteiger partial charge in [-0.25, -0.2) is 0 Å². The molecule has 1 aliphatic rings. The van der Waals surface area contributed by atoms with Crippen molar-refractivity contribution in [1.82, 2.24) is 4.90 Å². The number of carbonyl (C=O) groups is 1. The normalized spacial score (nSPS) is 26.9. The Morgan fingerprint density at radius 3 is 2.35 bits per heavy atom. The summed E-state index contributed by atoms with van der Waals surface area (Å²) in [5, 5.41) is 0. The molecule has 1 aromatic carbocycles. The maximum absolute atomic E-state index is 11.9. The Hall–Kier alpha value is -1.43. The first-order valence-electron chi connectivity index (χ1n) is 6.94. The van der Waals surface area contributed by atoms with Gasteiger partial charge in [-0.15, -0.1) is 0 Å². The van der Waals surface area contributed by atoms with Gasteiger partial charge in [0, 0.05) is 19.6 Å². The molecule has 1 fully saturated rings. The molecule has 110 valence electrons. The van der Waals surface area contributed by atoms with Crippen molar-refractivity contribution in [2.45, 2.75) is 31.6 Å². The molecule has 0 aromatic heterocycles. The van der Waals surface area contributed by atoms with Crippen LogP contribution in [0.3, 0.4) is 0 Å². The van der Waals surface area contributed by atoms with Gasteiger partial charge in [0.25, 0.3) is 0 Å². The molecule has 5 nitrogen and oxygen atoms in total.